The number of hydrogen-bond donors (Lipinski definition) is 1. The fourth-order valence-corrected chi connectivity index (χ4v) is 1.77. The number of hydrogen-bond acceptors (Lipinski definition) is 4. The van der Waals surface area contributed by atoms with E-state index < -0.39 is 0 Å². The molecule has 0 unspecified atom stereocenters. The Morgan fingerprint density at radius 2 is 1.57 bits per heavy atom. The van der Waals surface area contributed by atoms with Gasteiger partial charge in [-0.05, 0) is 42.1 Å². The van der Waals surface area contributed by atoms with Gasteiger partial charge in [0, 0.05) is 21.4 Å². The van der Waals surface area contributed by atoms with Crippen LogP contribution in [0.4, 0.5) is 0 Å². The Morgan fingerprint density at radius 3 is 1.96 bits per heavy atom. The highest BCUT2D eigenvalue weighted by Crippen LogP contribution is 2.08. The van der Waals surface area contributed by atoms with Crippen molar-refractivity contribution in [2.45, 2.75) is 14.0 Å². The van der Waals surface area contributed by atoms with Gasteiger partial charge in [0.1, 0.15) is 0 Å². The van der Waals surface area contributed by atoms with Crippen LogP contribution < -0.4 is 5.73 Å². The van der Waals surface area contributed by atoms with Crippen LogP contribution in [0.5, 0.6) is 0 Å². The molecular weight excluding hydrogens is 414 g/mol. The first-order valence-electron chi connectivity index (χ1n) is 6.17. The van der Waals surface area contributed by atoms with E-state index in [9.17, 15) is 4.79 Å². The molecule has 0 fully saturated rings. The van der Waals surface area contributed by atoms with Crippen molar-refractivity contribution in [1.29, 1.82) is 0 Å². The van der Waals surface area contributed by atoms with Crippen LogP contribution in [-0.2, 0) is 6.54 Å². The van der Waals surface area contributed by atoms with Gasteiger partial charge < -0.3 is 5.73 Å². The summed E-state index contributed by atoms with van der Waals surface area (Å²) in [7, 11) is 0. The number of benzene rings is 2. The highest BCUT2D eigenvalue weighted by molar-refractivity contribution is 9.09. The molecule has 6 heteroatoms. The van der Waals surface area contributed by atoms with Gasteiger partial charge in [0.25, 0.3) is 0 Å². The van der Waals surface area contributed by atoms with Crippen molar-refractivity contribution in [3.8, 4) is 0 Å². The molecule has 124 valence electrons. The second-order valence-electron chi connectivity index (χ2n) is 3.84. The second kappa shape index (κ2) is 15.9. The van der Waals surface area contributed by atoms with Crippen molar-refractivity contribution in [2.24, 2.45) is 5.73 Å². The van der Waals surface area contributed by atoms with Gasteiger partial charge >= 0.3 is 0 Å². The predicted octanol–water partition coefficient (Wildman–Crippen LogP) is 5.72. The van der Waals surface area contributed by atoms with E-state index in [0.29, 0.717) is 11.9 Å². The number of carbonyl (C=O) groups excluding carboxylic acids is 1. The molecule has 0 aliphatic carbocycles. The Kier molecular flexibility index (Phi) is 16.8. The molecule has 2 aromatic carbocycles. The molecule has 0 spiro atoms. The molecule has 2 nitrogen and oxygen atoms in total. The third kappa shape index (κ3) is 12.2. The van der Waals surface area contributed by atoms with Crippen LogP contribution in [0, 0.1) is 0 Å². The van der Waals surface area contributed by atoms with Gasteiger partial charge in [0.05, 0.1) is 5.33 Å². The molecular formula is C17H19BrClNOS2. The number of Topliss-reactive ketones (excluding diaryl/α,β-unsaturated/α-hetero) is 1. The summed E-state index contributed by atoms with van der Waals surface area (Å²) in [6.07, 6.45) is 0. The molecule has 0 heterocycles. The topological polar surface area (TPSA) is 43.1 Å². The third-order valence-electron chi connectivity index (χ3n) is 2.37. The average molecular weight is 433 g/mol. The van der Waals surface area contributed by atoms with Crippen molar-refractivity contribution in [1.82, 2.24) is 0 Å². The molecule has 0 aliphatic heterocycles. The van der Waals surface area contributed by atoms with E-state index in [1.165, 1.54) is 0 Å². The number of ketones is 1. The highest BCUT2D eigenvalue weighted by Gasteiger charge is 1.99. The summed E-state index contributed by atoms with van der Waals surface area (Å²) in [5.41, 5.74) is 7.23. The summed E-state index contributed by atoms with van der Waals surface area (Å²) in [5, 5.41) is 1.16. The van der Waals surface area contributed by atoms with Gasteiger partial charge in [-0.3, -0.25) is 4.79 Å². The Hall–Kier alpha value is -0.940. The second-order valence-corrected chi connectivity index (χ2v) is 5.50. The SMILES string of the molecule is C.NCc1ccc(Cl)cc1.O=C(CBr)c1ccccc1.S=C=S. The number of nitrogens with two attached hydrogens (primary N) is 1. The molecule has 0 aromatic heterocycles. The fourth-order valence-electron chi connectivity index (χ4n) is 1.32. The zero-order chi connectivity index (χ0) is 16.8. The number of rotatable bonds is 3. The predicted molar refractivity (Wildman–Crippen MR) is 111 cm³/mol. The number of halogens is 2. The van der Waals surface area contributed by atoms with Crippen molar-refractivity contribution >= 4 is 62.1 Å². The van der Waals surface area contributed by atoms with E-state index >= 15 is 0 Å². The summed E-state index contributed by atoms with van der Waals surface area (Å²) in [6.45, 7) is 0.581. The van der Waals surface area contributed by atoms with Crippen molar-refractivity contribution in [2.75, 3.05) is 5.33 Å². The lowest BCUT2D eigenvalue weighted by molar-refractivity contribution is 0.102. The number of carbonyl (C=O) groups is 1. The van der Waals surface area contributed by atoms with Crippen LogP contribution in [0.25, 0.3) is 0 Å². The molecule has 0 atom stereocenters. The first kappa shape index (κ1) is 24.3. The Balaban J connectivity index is 0. The highest BCUT2D eigenvalue weighted by atomic mass is 79.9. The molecule has 2 rings (SSSR count). The fraction of sp³-hybridized carbons (Fsp3) is 0.176. The Bertz CT molecular complexity index is 585. The van der Waals surface area contributed by atoms with E-state index in [0.717, 1.165) is 16.1 Å². The number of alkyl halides is 1. The normalized spacial score (nSPS) is 8.13. The lowest BCUT2D eigenvalue weighted by atomic mass is 10.2. The molecule has 0 saturated heterocycles. The molecule has 0 radical (unpaired) electrons. The van der Waals surface area contributed by atoms with Gasteiger partial charge in [-0.1, -0.05) is 77.4 Å². The monoisotopic (exact) mass is 431 g/mol. The van der Waals surface area contributed by atoms with Crippen molar-refractivity contribution in [3.05, 3.63) is 70.7 Å². The van der Waals surface area contributed by atoms with Gasteiger partial charge in [0.15, 0.2) is 5.78 Å². The summed E-state index contributed by atoms with van der Waals surface area (Å²) in [5.74, 6) is 0.126. The van der Waals surface area contributed by atoms with Crippen LogP contribution in [-0.4, -0.2) is 15.4 Å². The van der Waals surface area contributed by atoms with Gasteiger partial charge in [-0.15, -0.1) is 0 Å². The van der Waals surface area contributed by atoms with E-state index in [1.54, 1.807) is 0 Å². The molecule has 2 aromatic rings. The smallest absolute Gasteiger partial charge is 0.173 e. The molecule has 0 aliphatic rings. The van der Waals surface area contributed by atoms with Crippen molar-refractivity contribution in [3.63, 3.8) is 0 Å². The largest absolute Gasteiger partial charge is 0.326 e. The summed E-state index contributed by atoms with van der Waals surface area (Å²) in [4.78, 5) is 11.0. The first-order valence-corrected chi connectivity index (χ1v) is 8.48. The molecule has 2 N–H and O–H groups in total. The van der Waals surface area contributed by atoms with E-state index in [4.69, 9.17) is 17.3 Å². The van der Waals surface area contributed by atoms with Crippen LogP contribution in [0.15, 0.2) is 54.6 Å². The van der Waals surface area contributed by atoms with Crippen LogP contribution in [0.1, 0.15) is 23.3 Å². The molecule has 23 heavy (non-hydrogen) atoms. The Morgan fingerprint density at radius 1 is 1.09 bits per heavy atom. The van der Waals surface area contributed by atoms with Crippen molar-refractivity contribution < 1.29 is 4.79 Å². The zero-order valence-electron chi connectivity index (χ0n) is 11.7. The van der Waals surface area contributed by atoms with Gasteiger partial charge in [-0.2, -0.15) is 0 Å². The molecule has 0 bridgehead atoms. The minimum Gasteiger partial charge on any atom is -0.326 e. The standard InChI is InChI=1S/C8H7BrO.C7H8ClN.CS2.CH4/c9-6-8(10)7-4-2-1-3-5-7;8-7-3-1-6(5-9)2-4-7;2-1-3;/h1-5H,6H2;1-4H,5,9H2;;1H4. The average Bonchev–Trinajstić information content (AvgIpc) is 2.57. The van der Waals surface area contributed by atoms with Gasteiger partial charge in [-0.25, -0.2) is 0 Å². The maximum Gasteiger partial charge on any atom is 0.173 e. The van der Waals surface area contributed by atoms with E-state index in [-0.39, 0.29) is 13.2 Å². The quantitative estimate of drug-likeness (QED) is 0.383. The van der Waals surface area contributed by atoms with E-state index in [1.807, 2.05) is 58.9 Å². The summed E-state index contributed by atoms with van der Waals surface area (Å²) >= 11 is 16.6. The van der Waals surface area contributed by atoms with E-state index in [2.05, 4.69) is 40.4 Å². The van der Waals surface area contributed by atoms with Crippen LogP contribution >= 0.6 is 52.0 Å². The lowest BCUT2D eigenvalue weighted by Gasteiger charge is -1.93. The summed E-state index contributed by atoms with van der Waals surface area (Å²) < 4.78 is 1.92. The van der Waals surface area contributed by atoms with Crippen LogP contribution in [0.3, 0.4) is 0 Å². The molecule has 0 amide bonds. The third-order valence-corrected chi connectivity index (χ3v) is 3.13. The lowest BCUT2D eigenvalue weighted by Crippen LogP contribution is -1.98. The maximum absolute atomic E-state index is 11.0. The first-order chi connectivity index (χ1) is 10.6. The number of thiocarbonyl (C=S) groups is 2. The molecule has 0 saturated carbocycles. The summed E-state index contributed by atoms with van der Waals surface area (Å²) in [6, 6.07) is 16.7. The van der Waals surface area contributed by atoms with Gasteiger partial charge in [0.2, 0.25) is 0 Å². The maximum atomic E-state index is 11.0. The van der Waals surface area contributed by atoms with Crippen LogP contribution in [0.2, 0.25) is 5.02 Å². The zero-order valence-corrected chi connectivity index (χ0v) is 15.6. The minimum atomic E-state index is 0. The Labute approximate surface area is 162 Å². The minimum absolute atomic E-state index is 0.